The van der Waals surface area contributed by atoms with Crippen LogP contribution in [0.5, 0.6) is 0 Å². The molecule has 0 amide bonds. The summed E-state index contributed by atoms with van der Waals surface area (Å²) in [7, 11) is 3.77. The Balaban J connectivity index is 2.30. The van der Waals surface area contributed by atoms with Gasteiger partial charge in [-0.3, -0.25) is 4.99 Å². The number of hydrogen-bond acceptors (Lipinski definition) is 1. The number of nitrogens with two attached hydrogens (primary N) is 1. The molecule has 0 aromatic rings. The van der Waals surface area contributed by atoms with Gasteiger partial charge in [-0.05, 0) is 18.8 Å². The maximum absolute atomic E-state index is 5.71. The second kappa shape index (κ2) is 5.10. The number of hydrogen-bond donors (Lipinski definition) is 1. The van der Waals surface area contributed by atoms with E-state index >= 15 is 0 Å². The lowest BCUT2D eigenvalue weighted by molar-refractivity contribution is 0.295. The molecule has 1 saturated carbocycles. The van der Waals surface area contributed by atoms with Crippen LogP contribution in [0.1, 0.15) is 32.1 Å². The molecular formula is C10H21N3. The van der Waals surface area contributed by atoms with Crippen molar-refractivity contribution in [2.75, 3.05) is 20.6 Å². The zero-order chi connectivity index (χ0) is 9.68. The lowest BCUT2D eigenvalue weighted by Crippen LogP contribution is -2.37. The molecule has 76 valence electrons. The van der Waals surface area contributed by atoms with Gasteiger partial charge in [0.2, 0.25) is 0 Å². The summed E-state index contributed by atoms with van der Waals surface area (Å²) >= 11 is 0. The van der Waals surface area contributed by atoms with Crippen LogP contribution in [0.15, 0.2) is 4.99 Å². The predicted octanol–water partition coefficient (Wildman–Crippen LogP) is 1.44. The highest BCUT2D eigenvalue weighted by molar-refractivity contribution is 5.77. The third-order valence-corrected chi connectivity index (χ3v) is 2.88. The first-order chi connectivity index (χ1) is 6.24. The standard InChI is InChI=1S/C10H21N3/c1-12-10(11)13(2)8-9-6-4-3-5-7-9/h9H,3-8H2,1-2H3,(H2,11,12). The van der Waals surface area contributed by atoms with E-state index in [4.69, 9.17) is 5.73 Å². The van der Waals surface area contributed by atoms with Crippen molar-refractivity contribution in [3.8, 4) is 0 Å². The predicted molar refractivity (Wildman–Crippen MR) is 56.8 cm³/mol. The van der Waals surface area contributed by atoms with Crippen LogP contribution >= 0.6 is 0 Å². The van der Waals surface area contributed by atoms with E-state index in [0.717, 1.165) is 12.5 Å². The normalized spacial score (nSPS) is 20.3. The fraction of sp³-hybridized carbons (Fsp3) is 0.900. The van der Waals surface area contributed by atoms with Gasteiger partial charge >= 0.3 is 0 Å². The van der Waals surface area contributed by atoms with Crippen molar-refractivity contribution >= 4 is 5.96 Å². The van der Waals surface area contributed by atoms with E-state index in [1.165, 1.54) is 32.1 Å². The summed E-state index contributed by atoms with van der Waals surface area (Å²) in [5.41, 5.74) is 5.71. The third-order valence-electron chi connectivity index (χ3n) is 2.88. The first-order valence-electron chi connectivity index (χ1n) is 5.17. The SMILES string of the molecule is CN=C(N)N(C)CC1CCCCC1. The molecule has 3 nitrogen and oxygen atoms in total. The van der Waals surface area contributed by atoms with E-state index in [-0.39, 0.29) is 0 Å². The van der Waals surface area contributed by atoms with E-state index in [1.54, 1.807) is 7.05 Å². The summed E-state index contributed by atoms with van der Waals surface area (Å²) in [4.78, 5) is 6.04. The largest absolute Gasteiger partial charge is 0.370 e. The van der Waals surface area contributed by atoms with E-state index in [0.29, 0.717) is 5.96 Å². The molecule has 0 radical (unpaired) electrons. The fourth-order valence-electron chi connectivity index (χ4n) is 2.02. The van der Waals surface area contributed by atoms with Gasteiger partial charge in [0.15, 0.2) is 5.96 Å². The summed E-state index contributed by atoms with van der Waals surface area (Å²) in [6.07, 6.45) is 6.92. The van der Waals surface area contributed by atoms with Crippen LogP contribution in [0.3, 0.4) is 0 Å². The van der Waals surface area contributed by atoms with Crippen molar-refractivity contribution in [2.45, 2.75) is 32.1 Å². The minimum absolute atomic E-state index is 0.658. The van der Waals surface area contributed by atoms with Gasteiger partial charge in [0, 0.05) is 20.6 Å². The van der Waals surface area contributed by atoms with Crippen LogP contribution in [0, 0.1) is 5.92 Å². The Kier molecular flexibility index (Phi) is 4.06. The van der Waals surface area contributed by atoms with Gasteiger partial charge in [-0.2, -0.15) is 0 Å². The second-order valence-corrected chi connectivity index (χ2v) is 3.97. The number of aliphatic imine (C=N–C) groups is 1. The van der Waals surface area contributed by atoms with Gasteiger partial charge in [0.1, 0.15) is 0 Å². The van der Waals surface area contributed by atoms with Crippen molar-refractivity contribution in [3.05, 3.63) is 0 Å². The minimum atomic E-state index is 0.658. The number of guanidine groups is 1. The quantitative estimate of drug-likeness (QED) is 0.520. The monoisotopic (exact) mass is 183 g/mol. The van der Waals surface area contributed by atoms with E-state index in [9.17, 15) is 0 Å². The lowest BCUT2D eigenvalue weighted by Gasteiger charge is -2.27. The molecular weight excluding hydrogens is 162 g/mol. The molecule has 0 atom stereocenters. The fourth-order valence-corrected chi connectivity index (χ4v) is 2.02. The molecule has 3 heteroatoms. The van der Waals surface area contributed by atoms with Gasteiger partial charge in [0.25, 0.3) is 0 Å². The van der Waals surface area contributed by atoms with Crippen LogP contribution in [-0.2, 0) is 0 Å². The van der Waals surface area contributed by atoms with Crippen molar-refractivity contribution < 1.29 is 0 Å². The number of rotatable bonds is 2. The smallest absolute Gasteiger partial charge is 0.190 e. The van der Waals surface area contributed by atoms with Crippen molar-refractivity contribution in [3.63, 3.8) is 0 Å². The zero-order valence-corrected chi connectivity index (χ0v) is 8.79. The molecule has 0 aromatic carbocycles. The molecule has 0 unspecified atom stereocenters. The topological polar surface area (TPSA) is 41.6 Å². The highest BCUT2D eigenvalue weighted by Gasteiger charge is 2.15. The molecule has 1 fully saturated rings. The molecule has 0 spiro atoms. The average Bonchev–Trinajstić information content (AvgIpc) is 2.18. The highest BCUT2D eigenvalue weighted by Crippen LogP contribution is 2.23. The second-order valence-electron chi connectivity index (χ2n) is 3.97. The van der Waals surface area contributed by atoms with Crippen LogP contribution < -0.4 is 5.73 Å². The molecule has 0 bridgehead atoms. The Morgan fingerprint density at radius 2 is 2.00 bits per heavy atom. The number of nitrogens with zero attached hydrogens (tertiary/aromatic N) is 2. The van der Waals surface area contributed by atoms with Crippen LogP contribution in [-0.4, -0.2) is 31.5 Å². The minimum Gasteiger partial charge on any atom is -0.370 e. The van der Waals surface area contributed by atoms with Gasteiger partial charge in [-0.25, -0.2) is 0 Å². The van der Waals surface area contributed by atoms with Gasteiger partial charge < -0.3 is 10.6 Å². The molecule has 0 aromatic heterocycles. The zero-order valence-electron chi connectivity index (χ0n) is 8.79. The van der Waals surface area contributed by atoms with E-state index in [2.05, 4.69) is 9.89 Å². The summed E-state index contributed by atoms with van der Waals surface area (Å²) in [6.45, 7) is 1.07. The average molecular weight is 183 g/mol. The Labute approximate surface area is 81.0 Å². The summed E-state index contributed by atoms with van der Waals surface area (Å²) in [5.74, 6) is 1.49. The van der Waals surface area contributed by atoms with Gasteiger partial charge in [-0.1, -0.05) is 19.3 Å². The van der Waals surface area contributed by atoms with E-state index < -0.39 is 0 Å². The molecule has 0 aliphatic heterocycles. The van der Waals surface area contributed by atoms with Crippen molar-refractivity contribution in [2.24, 2.45) is 16.6 Å². The Morgan fingerprint density at radius 1 is 1.38 bits per heavy atom. The maximum atomic E-state index is 5.71. The third kappa shape index (κ3) is 3.25. The van der Waals surface area contributed by atoms with Gasteiger partial charge in [0.05, 0.1) is 0 Å². The first kappa shape index (κ1) is 10.4. The highest BCUT2D eigenvalue weighted by atomic mass is 15.2. The maximum Gasteiger partial charge on any atom is 0.190 e. The first-order valence-corrected chi connectivity index (χ1v) is 5.17. The molecule has 1 aliphatic rings. The van der Waals surface area contributed by atoms with Gasteiger partial charge in [-0.15, -0.1) is 0 Å². The molecule has 0 heterocycles. The Hall–Kier alpha value is -0.730. The summed E-state index contributed by atoms with van der Waals surface area (Å²) in [6, 6.07) is 0. The van der Waals surface area contributed by atoms with Crippen LogP contribution in [0.2, 0.25) is 0 Å². The molecule has 0 saturated heterocycles. The van der Waals surface area contributed by atoms with Crippen molar-refractivity contribution in [1.29, 1.82) is 0 Å². The van der Waals surface area contributed by atoms with Crippen LogP contribution in [0.25, 0.3) is 0 Å². The molecule has 1 rings (SSSR count). The summed E-state index contributed by atoms with van der Waals surface area (Å²) < 4.78 is 0. The molecule has 13 heavy (non-hydrogen) atoms. The Bertz CT molecular complexity index is 171. The summed E-state index contributed by atoms with van der Waals surface area (Å²) in [5, 5.41) is 0. The van der Waals surface area contributed by atoms with Crippen LogP contribution in [0.4, 0.5) is 0 Å². The molecule has 1 aliphatic carbocycles. The Morgan fingerprint density at radius 3 is 2.54 bits per heavy atom. The van der Waals surface area contributed by atoms with E-state index in [1.807, 2.05) is 7.05 Å². The van der Waals surface area contributed by atoms with Crippen molar-refractivity contribution in [1.82, 2.24) is 4.90 Å². The molecule has 2 N–H and O–H groups in total. The lowest BCUT2D eigenvalue weighted by atomic mass is 9.89.